The van der Waals surface area contributed by atoms with Crippen LogP contribution in [0.5, 0.6) is 0 Å². The van der Waals surface area contributed by atoms with Crippen LogP contribution in [0.4, 0.5) is 0 Å². The highest BCUT2D eigenvalue weighted by atomic mass is 31.2. The van der Waals surface area contributed by atoms with Crippen LogP contribution in [0.2, 0.25) is 0 Å². The van der Waals surface area contributed by atoms with Gasteiger partial charge in [-0.3, -0.25) is 4.52 Å². The summed E-state index contributed by atoms with van der Waals surface area (Å²) < 4.78 is 22.1. The molecule has 2 bridgehead atoms. The van der Waals surface area contributed by atoms with Gasteiger partial charge in [0.05, 0.1) is 26.2 Å². The van der Waals surface area contributed by atoms with Gasteiger partial charge in [0.2, 0.25) is 0 Å². The SMILES string of the molecule is CCOP(=O)(O)OC[N+]12CCC(CC1)CC2. The molecule has 0 amide bonds. The van der Waals surface area contributed by atoms with Crippen LogP contribution in [0.25, 0.3) is 0 Å². The van der Waals surface area contributed by atoms with Gasteiger partial charge in [-0.15, -0.1) is 0 Å². The zero-order valence-corrected chi connectivity index (χ0v) is 10.7. The summed E-state index contributed by atoms with van der Waals surface area (Å²) in [6.07, 6.45) is 3.69. The summed E-state index contributed by atoms with van der Waals surface area (Å²) in [5.41, 5.74) is 0. The fourth-order valence-corrected chi connectivity index (χ4v) is 3.52. The van der Waals surface area contributed by atoms with E-state index in [1.165, 1.54) is 19.3 Å². The second-order valence-electron chi connectivity index (χ2n) is 4.89. The molecule has 0 aromatic carbocycles. The third kappa shape index (κ3) is 2.84. The van der Waals surface area contributed by atoms with Crippen LogP contribution in [0.15, 0.2) is 0 Å². The second-order valence-corrected chi connectivity index (χ2v) is 6.34. The molecule has 1 unspecified atom stereocenters. The van der Waals surface area contributed by atoms with Crippen molar-refractivity contribution in [2.75, 3.05) is 33.0 Å². The Kier molecular flexibility index (Phi) is 3.72. The monoisotopic (exact) mass is 250 g/mol. The van der Waals surface area contributed by atoms with Crippen molar-refractivity contribution in [1.82, 2.24) is 0 Å². The maximum Gasteiger partial charge on any atom is 0.476 e. The van der Waals surface area contributed by atoms with E-state index in [1.54, 1.807) is 6.92 Å². The van der Waals surface area contributed by atoms with Gasteiger partial charge in [0, 0.05) is 0 Å². The van der Waals surface area contributed by atoms with Crippen LogP contribution < -0.4 is 0 Å². The van der Waals surface area contributed by atoms with Crippen molar-refractivity contribution in [3.05, 3.63) is 0 Å². The molecular weight excluding hydrogens is 229 g/mol. The number of rotatable bonds is 5. The van der Waals surface area contributed by atoms with E-state index in [2.05, 4.69) is 0 Å². The normalized spacial score (nSPS) is 37.2. The zero-order chi connectivity index (χ0) is 11.6. The lowest BCUT2D eigenvalue weighted by Gasteiger charge is -2.48. The lowest BCUT2D eigenvalue weighted by atomic mass is 9.86. The number of phosphoric acid groups is 1. The van der Waals surface area contributed by atoms with E-state index in [4.69, 9.17) is 9.05 Å². The quantitative estimate of drug-likeness (QED) is 0.596. The van der Waals surface area contributed by atoms with Gasteiger partial charge in [-0.1, -0.05) is 0 Å². The van der Waals surface area contributed by atoms with E-state index in [-0.39, 0.29) is 6.61 Å². The summed E-state index contributed by atoms with van der Waals surface area (Å²) in [5, 5.41) is 0. The molecule has 0 radical (unpaired) electrons. The summed E-state index contributed by atoms with van der Waals surface area (Å²) >= 11 is 0. The van der Waals surface area contributed by atoms with Crippen LogP contribution in [0, 0.1) is 5.92 Å². The van der Waals surface area contributed by atoms with Gasteiger partial charge in [-0.2, -0.15) is 0 Å². The Morgan fingerprint density at radius 2 is 1.81 bits per heavy atom. The number of fused-ring (bicyclic) bond motifs is 3. The van der Waals surface area contributed by atoms with Crippen LogP contribution in [0.3, 0.4) is 0 Å². The molecule has 3 fully saturated rings. The number of hydrogen-bond acceptors (Lipinski definition) is 3. The van der Waals surface area contributed by atoms with Gasteiger partial charge in [-0.05, 0) is 32.1 Å². The molecule has 0 saturated carbocycles. The maximum atomic E-state index is 11.4. The van der Waals surface area contributed by atoms with Gasteiger partial charge in [0.15, 0.2) is 6.73 Å². The summed E-state index contributed by atoms with van der Waals surface area (Å²) in [6.45, 7) is 5.45. The average Bonchev–Trinajstić information content (AvgIpc) is 2.29. The third-order valence-electron chi connectivity index (χ3n) is 3.82. The number of hydrogen-bond donors (Lipinski definition) is 1. The van der Waals surface area contributed by atoms with Gasteiger partial charge >= 0.3 is 7.82 Å². The first-order valence-electron chi connectivity index (χ1n) is 6.02. The molecule has 16 heavy (non-hydrogen) atoms. The fourth-order valence-electron chi connectivity index (χ4n) is 2.73. The lowest BCUT2D eigenvalue weighted by molar-refractivity contribution is -0.956. The molecule has 0 aromatic rings. The fraction of sp³-hybridized carbons (Fsp3) is 1.00. The molecule has 0 aliphatic carbocycles. The molecule has 5 nitrogen and oxygen atoms in total. The molecule has 1 atom stereocenters. The third-order valence-corrected chi connectivity index (χ3v) is 4.85. The van der Waals surface area contributed by atoms with Crippen molar-refractivity contribution in [2.24, 2.45) is 5.92 Å². The van der Waals surface area contributed by atoms with Crippen molar-refractivity contribution in [3.8, 4) is 0 Å². The van der Waals surface area contributed by atoms with Gasteiger partial charge in [-0.25, -0.2) is 9.09 Å². The van der Waals surface area contributed by atoms with E-state index in [9.17, 15) is 9.46 Å². The van der Waals surface area contributed by atoms with Crippen molar-refractivity contribution >= 4 is 7.82 Å². The van der Waals surface area contributed by atoms with Crippen LogP contribution in [-0.4, -0.2) is 42.3 Å². The first-order chi connectivity index (χ1) is 7.55. The van der Waals surface area contributed by atoms with Gasteiger partial charge < -0.3 is 9.38 Å². The molecule has 94 valence electrons. The summed E-state index contributed by atoms with van der Waals surface area (Å²) in [4.78, 5) is 9.37. The minimum atomic E-state index is -3.81. The predicted octanol–water partition coefficient (Wildman–Crippen LogP) is 1.73. The van der Waals surface area contributed by atoms with E-state index in [0.29, 0.717) is 6.73 Å². The van der Waals surface area contributed by atoms with Gasteiger partial charge in [0.1, 0.15) is 0 Å². The number of phosphoric ester groups is 1. The highest BCUT2D eigenvalue weighted by molar-refractivity contribution is 7.47. The Labute approximate surface area is 96.6 Å². The molecule has 3 aliphatic rings. The predicted molar refractivity (Wildman–Crippen MR) is 59.6 cm³/mol. The summed E-state index contributed by atoms with van der Waals surface area (Å²) in [6, 6.07) is 0. The molecule has 3 rings (SSSR count). The lowest BCUT2D eigenvalue weighted by Crippen LogP contribution is -2.58. The van der Waals surface area contributed by atoms with Crippen LogP contribution in [-0.2, 0) is 13.6 Å². The molecule has 3 saturated heterocycles. The zero-order valence-electron chi connectivity index (χ0n) is 9.80. The summed E-state index contributed by atoms with van der Waals surface area (Å²) in [5.74, 6) is 0.882. The first kappa shape index (κ1) is 12.5. The number of piperidine rings is 3. The molecule has 3 heterocycles. The van der Waals surface area contributed by atoms with E-state index in [1.807, 2.05) is 0 Å². The minimum absolute atomic E-state index is 0.204. The van der Waals surface area contributed by atoms with Crippen molar-refractivity contribution in [2.45, 2.75) is 26.2 Å². The molecule has 3 aliphatic heterocycles. The Bertz CT molecular complexity index is 275. The highest BCUT2D eigenvalue weighted by Gasteiger charge is 2.41. The summed E-state index contributed by atoms with van der Waals surface area (Å²) in [7, 11) is -3.81. The van der Waals surface area contributed by atoms with Crippen molar-refractivity contribution in [3.63, 3.8) is 0 Å². The van der Waals surface area contributed by atoms with E-state index in [0.717, 1.165) is 30.0 Å². The van der Waals surface area contributed by atoms with Crippen LogP contribution >= 0.6 is 7.82 Å². The van der Waals surface area contributed by atoms with Crippen molar-refractivity contribution in [1.29, 1.82) is 0 Å². The molecular formula is C10H21NO4P+. The van der Waals surface area contributed by atoms with E-state index >= 15 is 0 Å². The first-order valence-corrected chi connectivity index (χ1v) is 7.52. The number of nitrogens with zero attached hydrogens (tertiary/aromatic N) is 1. The standard InChI is InChI=1S/C10H20NO4P/c1-2-14-16(12,13)15-9-11-6-3-10(4-7-11)5-8-11/h10H,2-9H2,1H3/p+1. The Balaban J connectivity index is 1.87. The number of quaternary nitrogens is 1. The molecule has 0 aromatic heterocycles. The average molecular weight is 250 g/mol. The Morgan fingerprint density at radius 3 is 2.31 bits per heavy atom. The largest absolute Gasteiger partial charge is 0.476 e. The highest BCUT2D eigenvalue weighted by Crippen LogP contribution is 2.44. The molecule has 1 N–H and O–H groups in total. The molecule has 6 heteroatoms. The molecule has 0 spiro atoms. The van der Waals surface area contributed by atoms with Crippen LogP contribution in [0.1, 0.15) is 26.2 Å². The smallest absolute Gasteiger partial charge is 0.302 e. The maximum absolute atomic E-state index is 11.4. The van der Waals surface area contributed by atoms with Crippen molar-refractivity contribution < 1.29 is 23.0 Å². The Morgan fingerprint density at radius 1 is 1.25 bits per heavy atom. The topological polar surface area (TPSA) is 55.8 Å². The van der Waals surface area contributed by atoms with Gasteiger partial charge in [0.25, 0.3) is 0 Å². The van der Waals surface area contributed by atoms with E-state index < -0.39 is 7.82 Å². The second kappa shape index (κ2) is 4.75. The minimum Gasteiger partial charge on any atom is -0.302 e. The Hall–Kier alpha value is 0.0700.